The lowest BCUT2D eigenvalue weighted by Gasteiger charge is -2.20. The van der Waals surface area contributed by atoms with Crippen molar-refractivity contribution in [3.05, 3.63) is 48.6 Å². The molecule has 0 saturated carbocycles. The Morgan fingerprint density at radius 1 is 0.655 bits per heavy atom. The van der Waals surface area contributed by atoms with Gasteiger partial charge < -0.3 is 34.4 Å². The molecule has 1 unspecified atom stereocenters. The molecule has 4 atom stereocenters. The number of carbonyl (C=O) groups excluding carboxylic acids is 2. The van der Waals surface area contributed by atoms with Crippen molar-refractivity contribution in [2.24, 2.45) is 5.92 Å². The predicted octanol–water partition coefficient (Wildman–Crippen LogP) is 8.33. The van der Waals surface area contributed by atoms with E-state index in [1.54, 1.807) is 6.08 Å². The number of esters is 2. The second kappa shape index (κ2) is 34.1. The molecule has 0 aliphatic carbocycles. The summed E-state index contributed by atoms with van der Waals surface area (Å²) in [5.41, 5.74) is 0. The van der Waals surface area contributed by atoms with Gasteiger partial charge in [-0.05, 0) is 50.9 Å². The minimum atomic E-state index is -4.87. The minimum Gasteiger partial charge on any atom is -0.462 e. The van der Waals surface area contributed by atoms with Crippen molar-refractivity contribution < 1.29 is 66.7 Å². The first-order valence-corrected chi connectivity index (χ1v) is 22.8. The van der Waals surface area contributed by atoms with E-state index in [0.717, 1.165) is 32.1 Å². The quantitative estimate of drug-likeness (QED) is 0.0132. The fourth-order valence-electron chi connectivity index (χ4n) is 4.90. The summed E-state index contributed by atoms with van der Waals surface area (Å²) in [6, 6.07) is 0. The zero-order chi connectivity index (χ0) is 41.2. The molecule has 0 saturated heterocycles. The predicted molar refractivity (Wildman–Crippen MR) is 213 cm³/mol. The van der Waals surface area contributed by atoms with Gasteiger partial charge in [-0.3, -0.25) is 23.2 Å². The fraction of sp³-hybridized carbons (Fsp3) is 0.744. The number of carbonyl (C=O) groups is 2. The van der Waals surface area contributed by atoms with E-state index in [2.05, 4.69) is 35.9 Å². The van der Waals surface area contributed by atoms with Crippen LogP contribution in [0.5, 0.6) is 0 Å². The molecule has 55 heavy (non-hydrogen) atoms. The average Bonchev–Trinajstić information content (AvgIpc) is 3.12. The molecular formula is C39H70O14P2. The van der Waals surface area contributed by atoms with Gasteiger partial charge >= 0.3 is 27.6 Å². The number of phosphoric ester groups is 2. The third-order valence-electron chi connectivity index (χ3n) is 7.97. The number of hydrogen-bond donors (Lipinski definition) is 5. The van der Waals surface area contributed by atoms with Crippen molar-refractivity contribution >= 4 is 27.6 Å². The van der Waals surface area contributed by atoms with E-state index in [1.807, 2.05) is 36.5 Å². The average molecular weight is 825 g/mol. The lowest BCUT2D eigenvalue weighted by molar-refractivity contribution is -0.161. The maximum Gasteiger partial charge on any atom is 0.472 e. The van der Waals surface area contributed by atoms with E-state index in [1.165, 1.54) is 38.5 Å². The molecule has 0 aliphatic rings. The second-order valence-electron chi connectivity index (χ2n) is 13.9. The normalized spacial score (nSPS) is 15.4. The molecule has 14 nitrogen and oxygen atoms in total. The second-order valence-corrected chi connectivity index (χ2v) is 16.6. The molecule has 0 aromatic rings. The summed E-state index contributed by atoms with van der Waals surface area (Å²) in [6.07, 6.45) is 27.5. The summed E-state index contributed by atoms with van der Waals surface area (Å²) in [7, 11) is -9.70. The van der Waals surface area contributed by atoms with Crippen LogP contribution in [-0.4, -0.2) is 81.6 Å². The summed E-state index contributed by atoms with van der Waals surface area (Å²) in [5, 5.41) is 19.7. The van der Waals surface area contributed by atoms with Gasteiger partial charge in [-0.1, -0.05) is 127 Å². The molecule has 0 bridgehead atoms. The van der Waals surface area contributed by atoms with E-state index >= 15 is 0 Å². The van der Waals surface area contributed by atoms with Crippen LogP contribution < -0.4 is 0 Å². The van der Waals surface area contributed by atoms with Gasteiger partial charge in [0.25, 0.3) is 0 Å². The van der Waals surface area contributed by atoms with Crippen LogP contribution in [0.25, 0.3) is 0 Å². The van der Waals surface area contributed by atoms with Crippen LogP contribution in [0.4, 0.5) is 0 Å². The Bertz CT molecular complexity index is 1200. The Morgan fingerprint density at radius 2 is 1.27 bits per heavy atom. The van der Waals surface area contributed by atoms with E-state index in [9.17, 15) is 33.8 Å². The Balaban J connectivity index is 4.70. The first-order chi connectivity index (χ1) is 26.1. The van der Waals surface area contributed by atoms with Gasteiger partial charge in [0.15, 0.2) is 6.10 Å². The number of rotatable bonds is 36. The number of aliphatic hydroxyl groups is 2. The molecule has 0 heterocycles. The number of ether oxygens (including phenoxy) is 2. The molecule has 0 aliphatic heterocycles. The number of hydrogen-bond acceptors (Lipinski definition) is 11. The topological polar surface area (TPSA) is 216 Å². The third-order valence-corrected chi connectivity index (χ3v) is 9.41. The fourth-order valence-corrected chi connectivity index (χ4v) is 6.06. The van der Waals surface area contributed by atoms with Gasteiger partial charge in [-0.15, -0.1) is 0 Å². The smallest absolute Gasteiger partial charge is 0.462 e. The Labute approximate surface area is 329 Å². The van der Waals surface area contributed by atoms with Crippen molar-refractivity contribution in [3.63, 3.8) is 0 Å². The SMILES string of the molecule is CCCCC/C=C\C[C@@H](O)/C=C/C=C\C/C=C\CCCC(=O)OC[C@H](COP(=O)(O)OC[C@@H](O)COP(=O)(O)O)OC(=O)CCCCCCCCCC(C)C. The van der Waals surface area contributed by atoms with Crippen LogP contribution in [0.3, 0.4) is 0 Å². The van der Waals surface area contributed by atoms with Crippen LogP contribution in [0, 0.1) is 5.92 Å². The Kier molecular flexibility index (Phi) is 32.9. The van der Waals surface area contributed by atoms with Gasteiger partial charge in [0.05, 0.1) is 25.9 Å². The highest BCUT2D eigenvalue weighted by atomic mass is 31.2. The molecule has 5 N–H and O–H groups in total. The van der Waals surface area contributed by atoms with Gasteiger partial charge in [-0.25, -0.2) is 9.13 Å². The molecule has 0 spiro atoms. The van der Waals surface area contributed by atoms with Crippen LogP contribution >= 0.6 is 15.6 Å². The number of phosphoric acid groups is 2. The summed E-state index contributed by atoms with van der Waals surface area (Å²) in [6.45, 7) is 3.78. The lowest BCUT2D eigenvalue weighted by atomic mass is 10.0. The largest absolute Gasteiger partial charge is 0.472 e. The highest BCUT2D eigenvalue weighted by Gasteiger charge is 2.28. The zero-order valence-electron chi connectivity index (χ0n) is 33.3. The monoisotopic (exact) mass is 824 g/mol. The van der Waals surface area contributed by atoms with Gasteiger partial charge in [0.2, 0.25) is 0 Å². The van der Waals surface area contributed by atoms with Crippen molar-refractivity contribution in [2.75, 3.05) is 26.4 Å². The molecular weight excluding hydrogens is 754 g/mol. The molecule has 0 rings (SSSR count). The maximum atomic E-state index is 12.6. The number of aliphatic hydroxyl groups excluding tert-OH is 2. The molecule has 0 aromatic carbocycles. The highest BCUT2D eigenvalue weighted by Crippen LogP contribution is 2.43. The standard InChI is InChI=1S/C39H70O14P2/c1-4-5-6-7-16-21-26-35(40)27-22-17-12-8-9-13-18-23-28-38(42)49-32-37(33-52-55(47,48)51-31-36(41)30-50-54(44,45)46)53-39(43)29-24-19-14-10-11-15-20-25-34(2)3/h9,12-13,16-17,21-22,27,34-37,40-41H,4-8,10-11,14-15,18-20,23-26,28-33H2,1-3H3,(H,47,48)(H2,44,45,46)/b13-9-,17-12-,21-16-,27-22+/t35-,36+,37-/m1/s1. The van der Waals surface area contributed by atoms with Gasteiger partial charge in [0, 0.05) is 12.8 Å². The summed E-state index contributed by atoms with van der Waals surface area (Å²) >= 11 is 0. The van der Waals surface area contributed by atoms with Crippen LogP contribution in [0.2, 0.25) is 0 Å². The Morgan fingerprint density at radius 3 is 1.96 bits per heavy atom. The minimum absolute atomic E-state index is 0.0863. The zero-order valence-corrected chi connectivity index (χ0v) is 35.1. The third kappa shape index (κ3) is 38.7. The van der Waals surface area contributed by atoms with Crippen molar-refractivity contribution in [1.29, 1.82) is 0 Å². The molecule has 16 heteroatoms. The van der Waals surface area contributed by atoms with Crippen molar-refractivity contribution in [1.82, 2.24) is 0 Å². The van der Waals surface area contributed by atoms with Crippen LogP contribution in [0.1, 0.15) is 136 Å². The Hall–Kier alpha value is -1.96. The van der Waals surface area contributed by atoms with Crippen LogP contribution in [0.15, 0.2) is 48.6 Å². The molecule has 0 aromatic heterocycles. The molecule has 0 amide bonds. The maximum absolute atomic E-state index is 12.6. The first-order valence-electron chi connectivity index (χ1n) is 19.8. The van der Waals surface area contributed by atoms with Gasteiger partial charge in [0.1, 0.15) is 12.7 Å². The highest BCUT2D eigenvalue weighted by molar-refractivity contribution is 7.47. The van der Waals surface area contributed by atoms with E-state index < -0.39 is 72.3 Å². The van der Waals surface area contributed by atoms with E-state index in [-0.39, 0.29) is 12.8 Å². The lowest BCUT2D eigenvalue weighted by Crippen LogP contribution is -2.30. The molecule has 0 fully saturated rings. The summed E-state index contributed by atoms with van der Waals surface area (Å²) in [4.78, 5) is 52.4. The van der Waals surface area contributed by atoms with E-state index in [0.29, 0.717) is 38.0 Å². The summed E-state index contributed by atoms with van der Waals surface area (Å²) in [5.74, 6) is -0.438. The molecule has 320 valence electrons. The van der Waals surface area contributed by atoms with Crippen molar-refractivity contribution in [2.45, 2.75) is 155 Å². The first kappa shape index (κ1) is 53.0. The molecule has 0 radical (unpaired) electrons. The van der Waals surface area contributed by atoms with E-state index in [4.69, 9.17) is 23.8 Å². The summed E-state index contributed by atoms with van der Waals surface area (Å²) < 4.78 is 47.5. The van der Waals surface area contributed by atoms with Crippen molar-refractivity contribution in [3.8, 4) is 0 Å². The van der Waals surface area contributed by atoms with Crippen LogP contribution in [-0.2, 0) is 41.8 Å². The van der Waals surface area contributed by atoms with Gasteiger partial charge in [-0.2, -0.15) is 0 Å². The number of allylic oxidation sites excluding steroid dienone is 6. The number of unbranched alkanes of at least 4 members (excludes halogenated alkanes) is 10.